The fraction of sp³-hybridized carbons (Fsp3) is 0.895. The van der Waals surface area contributed by atoms with Gasteiger partial charge in [-0.15, -0.1) is 0 Å². The van der Waals surface area contributed by atoms with Gasteiger partial charge in [0.1, 0.15) is 0 Å². The molecule has 0 aliphatic heterocycles. The van der Waals surface area contributed by atoms with Crippen molar-refractivity contribution < 1.29 is 19.1 Å². The average Bonchev–Trinajstić information content (AvgIpc) is 2.63. The van der Waals surface area contributed by atoms with Gasteiger partial charge in [0.15, 0.2) is 0 Å². The van der Waals surface area contributed by atoms with E-state index in [2.05, 4.69) is 28.8 Å². The summed E-state index contributed by atoms with van der Waals surface area (Å²) in [6, 6.07) is 0.287. The quantitative estimate of drug-likeness (QED) is 0.727. The van der Waals surface area contributed by atoms with Gasteiger partial charge in [0.25, 0.3) is 0 Å². The van der Waals surface area contributed by atoms with Gasteiger partial charge in [-0.25, -0.2) is 4.79 Å². The smallest absolute Gasteiger partial charge is 0.406 e. The predicted octanol–water partition coefficient (Wildman–Crippen LogP) is 3.10. The molecule has 2 aliphatic rings. The molecule has 6 heteroatoms. The lowest BCUT2D eigenvalue weighted by atomic mass is 9.54. The lowest BCUT2D eigenvalue weighted by molar-refractivity contribution is -0.188. The molecule has 0 heterocycles. The summed E-state index contributed by atoms with van der Waals surface area (Å²) in [5.41, 5.74) is 0.148. The van der Waals surface area contributed by atoms with Crippen LogP contribution < -0.4 is 5.32 Å². The first-order chi connectivity index (χ1) is 12.1. The van der Waals surface area contributed by atoms with Crippen LogP contribution in [0.2, 0.25) is 0 Å². The number of nitrogens with zero attached hydrogens (tertiary/aromatic N) is 1. The van der Waals surface area contributed by atoms with Crippen LogP contribution in [-0.4, -0.2) is 55.9 Å². The van der Waals surface area contributed by atoms with E-state index in [4.69, 9.17) is 4.74 Å². The number of hydrogen-bond donors (Lipinski definition) is 1. The molecule has 144 valence electrons. The van der Waals surface area contributed by atoms with Gasteiger partial charge < -0.3 is 19.7 Å². The molecule has 1 spiro atoms. The molecule has 0 aromatic carbocycles. The first-order valence-electron chi connectivity index (χ1n) is 9.82. The first-order valence-corrected chi connectivity index (χ1v) is 9.82. The molecule has 2 fully saturated rings. The largest absolute Gasteiger partial charge is 0.453 e. The Labute approximate surface area is 151 Å². The highest BCUT2D eigenvalue weighted by molar-refractivity contribution is 5.78. The van der Waals surface area contributed by atoms with Gasteiger partial charge in [0.2, 0.25) is 5.91 Å². The summed E-state index contributed by atoms with van der Waals surface area (Å²) in [5.74, 6) is 0.128. The number of amides is 2. The number of carbonyl (C=O) groups is 2. The maximum Gasteiger partial charge on any atom is 0.406 e. The number of carbonyl (C=O) groups excluding carboxylic acids is 2. The summed E-state index contributed by atoms with van der Waals surface area (Å²) in [6.07, 6.45) is 8.11. The van der Waals surface area contributed by atoms with E-state index < -0.39 is 6.09 Å². The summed E-state index contributed by atoms with van der Waals surface area (Å²) in [6.45, 7) is 6.00. The van der Waals surface area contributed by atoms with Crippen LogP contribution in [0.1, 0.15) is 65.2 Å². The Balaban J connectivity index is 2.02. The number of alkyl carbamates (subject to hydrolysis) is 1. The van der Waals surface area contributed by atoms with E-state index in [1.807, 2.05) is 0 Å². The van der Waals surface area contributed by atoms with Crippen LogP contribution in [0.25, 0.3) is 0 Å². The topological polar surface area (TPSA) is 67.9 Å². The average molecular weight is 354 g/mol. The molecule has 0 bridgehead atoms. The summed E-state index contributed by atoms with van der Waals surface area (Å²) < 4.78 is 10.6. The molecule has 6 nitrogen and oxygen atoms in total. The third-order valence-corrected chi connectivity index (χ3v) is 5.85. The van der Waals surface area contributed by atoms with Crippen molar-refractivity contribution >= 4 is 12.0 Å². The number of ether oxygens (including phenoxy) is 2. The third-order valence-electron chi connectivity index (χ3n) is 5.85. The standard InChI is InChI=1S/C19H34N2O4/c1-4-13-21(17(22)9-12-20-18(23)24-3)15-14-16(25-5-2)19(15)10-7-6-8-11-19/h15-16H,4-14H2,1-3H3,(H,20,23)/t15-,16-/m1/s1. The van der Waals surface area contributed by atoms with Crippen molar-refractivity contribution in [1.82, 2.24) is 10.2 Å². The first kappa shape index (κ1) is 20.0. The van der Waals surface area contributed by atoms with Gasteiger partial charge in [0.05, 0.1) is 13.2 Å². The van der Waals surface area contributed by atoms with Crippen LogP contribution in [0.4, 0.5) is 4.79 Å². The Kier molecular flexibility index (Phi) is 7.54. The molecule has 2 atom stereocenters. The Morgan fingerprint density at radius 2 is 1.92 bits per heavy atom. The van der Waals surface area contributed by atoms with Gasteiger partial charge in [0, 0.05) is 37.6 Å². The summed E-state index contributed by atoms with van der Waals surface area (Å²) in [4.78, 5) is 26.1. The minimum absolute atomic E-state index is 0.128. The molecule has 2 amide bonds. The zero-order chi connectivity index (χ0) is 18.3. The highest BCUT2D eigenvalue weighted by atomic mass is 16.5. The zero-order valence-corrected chi connectivity index (χ0v) is 16.0. The van der Waals surface area contributed by atoms with Crippen molar-refractivity contribution in [1.29, 1.82) is 0 Å². The van der Waals surface area contributed by atoms with Crippen molar-refractivity contribution in [3.8, 4) is 0 Å². The van der Waals surface area contributed by atoms with Crippen LogP contribution in [0.15, 0.2) is 0 Å². The molecule has 0 aromatic heterocycles. The second-order valence-electron chi connectivity index (χ2n) is 7.24. The summed E-state index contributed by atoms with van der Waals surface area (Å²) >= 11 is 0. The van der Waals surface area contributed by atoms with Crippen LogP contribution in [0, 0.1) is 5.41 Å². The van der Waals surface area contributed by atoms with Crippen LogP contribution >= 0.6 is 0 Å². The van der Waals surface area contributed by atoms with E-state index in [-0.39, 0.29) is 17.4 Å². The number of rotatable bonds is 8. The van der Waals surface area contributed by atoms with Crippen LogP contribution in [-0.2, 0) is 14.3 Å². The van der Waals surface area contributed by atoms with Crippen molar-refractivity contribution in [2.24, 2.45) is 5.41 Å². The molecule has 25 heavy (non-hydrogen) atoms. The molecule has 0 radical (unpaired) electrons. The highest BCUT2D eigenvalue weighted by Gasteiger charge is 2.58. The van der Waals surface area contributed by atoms with Gasteiger partial charge in [-0.2, -0.15) is 0 Å². The van der Waals surface area contributed by atoms with Crippen LogP contribution in [0.5, 0.6) is 0 Å². The fourth-order valence-corrected chi connectivity index (χ4v) is 4.65. The molecule has 1 N–H and O–H groups in total. The number of methoxy groups -OCH3 is 1. The Morgan fingerprint density at radius 1 is 1.20 bits per heavy atom. The van der Waals surface area contributed by atoms with Gasteiger partial charge in [-0.05, 0) is 32.6 Å². The fourth-order valence-electron chi connectivity index (χ4n) is 4.65. The van der Waals surface area contributed by atoms with E-state index in [9.17, 15) is 9.59 Å². The second kappa shape index (κ2) is 9.41. The molecular weight excluding hydrogens is 320 g/mol. The monoisotopic (exact) mass is 354 g/mol. The maximum absolute atomic E-state index is 12.8. The van der Waals surface area contributed by atoms with Gasteiger partial charge in [-0.3, -0.25) is 4.79 Å². The number of nitrogens with one attached hydrogen (secondary N) is 1. The van der Waals surface area contributed by atoms with E-state index in [0.29, 0.717) is 19.1 Å². The van der Waals surface area contributed by atoms with Gasteiger partial charge >= 0.3 is 6.09 Å². The van der Waals surface area contributed by atoms with Crippen LogP contribution in [0.3, 0.4) is 0 Å². The molecule has 0 unspecified atom stereocenters. The molecule has 2 aliphatic carbocycles. The highest BCUT2D eigenvalue weighted by Crippen LogP contribution is 2.55. The molecule has 2 rings (SSSR count). The lowest BCUT2D eigenvalue weighted by Gasteiger charge is -2.60. The van der Waals surface area contributed by atoms with Gasteiger partial charge in [-0.1, -0.05) is 26.2 Å². The van der Waals surface area contributed by atoms with E-state index >= 15 is 0 Å². The normalized spacial score (nSPS) is 24.4. The van der Waals surface area contributed by atoms with E-state index in [1.165, 1.54) is 26.4 Å². The van der Waals surface area contributed by atoms with E-state index in [1.54, 1.807) is 0 Å². The van der Waals surface area contributed by atoms with E-state index in [0.717, 1.165) is 38.8 Å². The molecular formula is C19H34N2O4. The lowest BCUT2D eigenvalue weighted by Crippen LogP contribution is -2.66. The van der Waals surface area contributed by atoms with Crippen molar-refractivity contribution in [2.45, 2.75) is 77.4 Å². The minimum atomic E-state index is -0.487. The molecule has 0 saturated heterocycles. The predicted molar refractivity (Wildman–Crippen MR) is 96.4 cm³/mol. The van der Waals surface area contributed by atoms with Crippen molar-refractivity contribution in [3.63, 3.8) is 0 Å². The zero-order valence-electron chi connectivity index (χ0n) is 16.0. The summed E-state index contributed by atoms with van der Waals surface area (Å²) in [5, 5.41) is 2.60. The SMILES string of the molecule is CCCN(C(=O)CCNC(=O)OC)[C@@H]1C[C@@H](OCC)C12CCCCC2. The molecule has 0 aromatic rings. The Bertz CT molecular complexity index is 449. The minimum Gasteiger partial charge on any atom is -0.453 e. The third kappa shape index (κ3) is 4.46. The Hall–Kier alpha value is -1.30. The summed E-state index contributed by atoms with van der Waals surface area (Å²) in [7, 11) is 1.33. The second-order valence-corrected chi connectivity index (χ2v) is 7.24. The maximum atomic E-state index is 12.8. The van der Waals surface area contributed by atoms with Crippen molar-refractivity contribution in [2.75, 3.05) is 26.8 Å². The number of hydrogen-bond acceptors (Lipinski definition) is 4. The molecule has 2 saturated carbocycles. The Morgan fingerprint density at radius 3 is 2.52 bits per heavy atom. The van der Waals surface area contributed by atoms with Crippen molar-refractivity contribution in [3.05, 3.63) is 0 Å².